The fourth-order valence-electron chi connectivity index (χ4n) is 2.31. The summed E-state index contributed by atoms with van der Waals surface area (Å²) in [5, 5.41) is 0.345. The number of hydrogen-bond donors (Lipinski definition) is 0. The minimum Gasteiger partial charge on any atom is -0.256 e. The third kappa shape index (κ3) is 2.46. The molecule has 0 saturated carbocycles. The highest BCUT2D eigenvalue weighted by Gasteiger charge is 2.33. The highest BCUT2D eigenvalue weighted by atomic mass is 19.4. The first kappa shape index (κ1) is 13.5. The molecule has 1 aromatic heterocycles. The van der Waals surface area contributed by atoms with Gasteiger partial charge in [-0.2, -0.15) is 13.2 Å². The quantitative estimate of drug-likeness (QED) is 0.571. The van der Waals surface area contributed by atoms with Gasteiger partial charge in [-0.15, -0.1) is 0 Å². The molecule has 0 spiro atoms. The second kappa shape index (κ2) is 4.84. The van der Waals surface area contributed by atoms with Gasteiger partial charge < -0.3 is 0 Å². The van der Waals surface area contributed by atoms with Gasteiger partial charge in [0.2, 0.25) is 0 Å². The van der Waals surface area contributed by atoms with Crippen molar-refractivity contribution in [3.63, 3.8) is 0 Å². The van der Waals surface area contributed by atoms with Gasteiger partial charge in [0.05, 0.1) is 11.1 Å². The van der Waals surface area contributed by atoms with Gasteiger partial charge >= 0.3 is 6.18 Å². The third-order valence-corrected chi connectivity index (χ3v) is 3.21. The van der Waals surface area contributed by atoms with Gasteiger partial charge in [0.15, 0.2) is 0 Å². The van der Waals surface area contributed by atoms with Crippen LogP contribution in [0.4, 0.5) is 17.6 Å². The molecular weight excluding hydrogens is 282 g/mol. The molecule has 1 nitrogen and oxygen atoms in total. The second-order valence-electron chi connectivity index (χ2n) is 4.57. The standard InChI is InChI=1S/C16H9F4N/c17-11-4-1-3-10(9-11)12-7-8-21-15-13(12)5-2-6-14(15)16(18,19)20/h1-9H. The highest BCUT2D eigenvalue weighted by molar-refractivity contribution is 5.96. The van der Waals surface area contributed by atoms with Gasteiger partial charge in [0.25, 0.3) is 0 Å². The summed E-state index contributed by atoms with van der Waals surface area (Å²) in [6.45, 7) is 0. The molecule has 1 heterocycles. The van der Waals surface area contributed by atoms with E-state index in [-0.39, 0.29) is 5.52 Å². The molecule has 5 heteroatoms. The van der Waals surface area contributed by atoms with Crippen LogP contribution in [0.3, 0.4) is 0 Å². The van der Waals surface area contributed by atoms with Gasteiger partial charge in [0.1, 0.15) is 5.82 Å². The van der Waals surface area contributed by atoms with E-state index >= 15 is 0 Å². The van der Waals surface area contributed by atoms with Crippen molar-refractivity contribution in [2.75, 3.05) is 0 Å². The van der Waals surface area contributed by atoms with Crippen molar-refractivity contribution in [1.82, 2.24) is 4.98 Å². The Morgan fingerprint density at radius 2 is 1.67 bits per heavy atom. The molecule has 3 rings (SSSR count). The summed E-state index contributed by atoms with van der Waals surface area (Å²) in [7, 11) is 0. The lowest BCUT2D eigenvalue weighted by Gasteiger charge is -2.12. The molecular formula is C16H9F4N. The molecule has 3 aromatic rings. The van der Waals surface area contributed by atoms with Crippen LogP contribution in [0.25, 0.3) is 22.0 Å². The summed E-state index contributed by atoms with van der Waals surface area (Å²) in [6.07, 6.45) is -3.18. The van der Waals surface area contributed by atoms with Crippen LogP contribution in [0.5, 0.6) is 0 Å². The lowest BCUT2D eigenvalue weighted by atomic mass is 9.99. The lowest BCUT2D eigenvalue weighted by Crippen LogP contribution is -2.06. The minimum absolute atomic E-state index is 0.133. The smallest absolute Gasteiger partial charge is 0.256 e. The topological polar surface area (TPSA) is 12.9 Å². The van der Waals surface area contributed by atoms with Gasteiger partial charge in [0, 0.05) is 11.6 Å². The number of halogens is 4. The predicted molar refractivity (Wildman–Crippen MR) is 72.1 cm³/mol. The van der Waals surface area contributed by atoms with Crippen LogP contribution in [0.15, 0.2) is 54.7 Å². The number of nitrogens with zero attached hydrogens (tertiary/aromatic N) is 1. The molecule has 0 aliphatic rings. The molecule has 0 fully saturated rings. The van der Waals surface area contributed by atoms with E-state index in [9.17, 15) is 17.6 Å². The van der Waals surface area contributed by atoms with E-state index in [0.29, 0.717) is 16.5 Å². The van der Waals surface area contributed by atoms with Crippen LogP contribution in [-0.4, -0.2) is 4.98 Å². The van der Waals surface area contributed by atoms with E-state index in [2.05, 4.69) is 4.98 Å². The minimum atomic E-state index is -4.48. The molecule has 0 aliphatic heterocycles. The van der Waals surface area contributed by atoms with E-state index in [0.717, 1.165) is 6.07 Å². The van der Waals surface area contributed by atoms with E-state index in [1.807, 2.05) is 0 Å². The van der Waals surface area contributed by atoms with E-state index in [1.54, 1.807) is 18.2 Å². The zero-order valence-corrected chi connectivity index (χ0v) is 10.7. The maximum Gasteiger partial charge on any atom is 0.418 e. The van der Waals surface area contributed by atoms with Crippen molar-refractivity contribution < 1.29 is 17.6 Å². The first-order valence-corrected chi connectivity index (χ1v) is 6.18. The SMILES string of the molecule is Fc1cccc(-c2ccnc3c(C(F)(F)F)cccc23)c1. The molecule has 0 amide bonds. The molecule has 0 N–H and O–H groups in total. The Kier molecular flexibility index (Phi) is 3.12. The van der Waals surface area contributed by atoms with Crippen molar-refractivity contribution in [2.45, 2.75) is 6.18 Å². The molecule has 21 heavy (non-hydrogen) atoms. The molecule has 0 radical (unpaired) electrons. The number of hydrogen-bond acceptors (Lipinski definition) is 1. The van der Waals surface area contributed by atoms with Crippen LogP contribution >= 0.6 is 0 Å². The van der Waals surface area contributed by atoms with Crippen molar-refractivity contribution in [2.24, 2.45) is 0 Å². The number of benzene rings is 2. The van der Waals surface area contributed by atoms with Crippen LogP contribution in [-0.2, 0) is 6.18 Å². The van der Waals surface area contributed by atoms with Crippen molar-refractivity contribution in [3.8, 4) is 11.1 Å². The van der Waals surface area contributed by atoms with Crippen LogP contribution in [0.1, 0.15) is 5.56 Å². The van der Waals surface area contributed by atoms with Crippen LogP contribution < -0.4 is 0 Å². The van der Waals surface area contributed by atoms with Crippen molar-refractivity contribution >= 4 is 10.9 Å². The second-order valence-corrected chi connectivity index (χ2v) is 4.57. The molecule has 106 valence electrons. The van der Waals surface area contributed by atoms with Crippen molar-refractivity contribution in [3.05, 3.63) is 66.1 Å². The zero-order valence-electron chi connectivity index (χ0n) is 10.7. The van der Waals surface area contributed by atoms with E-state index < -0.39 is 17.6 Å². The number of alkyl halides is 3. The summed E-state index contributed by atoms with van der Waals surface area (Å²) < 4.78 is 52.4. The number of fused-ring (bicyclic) bond motifs is 1. The summed E-state index contributed by atoms with van der Waals surface area (Å²) in [5.74, 6) is -0.440. The van der Waals surface area contributed by atoms with Gasteiger partial charge in [-0.05, 0) is 35.4 Å². The van der Waals surface area contributed by atoms with Crippen LogP contribution in [0.2, 0.25) is 0 Å². The first-order valence-electron chi connectivity index (χ1n) is 6.18. The molecule has 0 bridgehead atoms. The zero-order chi connectivity index (χ0) is 15.0. The van der Waals surface area contributed by atoms with E-state index in [4.69, 9.17) is 0 Å². The number of rotatable bonds is 1. The maximum atomic E-state index is 13.3. The molecule has 0 saturated heterocycles. The Balaban J connectivity index is 2.31. The molecule has 0 atom stereocenters. The van der Waals surface area contributed by atoms with Crippen molar-refractivity contribution in [1.29, 1.82) is 0 Å². The number of aromatic nitrogens is 1. The number of pyridine rings is 1. The molecule has 0 unspecified atom stereocenters. The summed E-state index contributed by atoms with van der Waals surface area (Å²) in [4.78, 5) is 3.84. The Morgan fingerprint density at radius 3 is 2.38 bits per heavy atom. The fraction of sp³-hybridized carbons (Fsp3) is 0.0625. The molecule has 0 aliphatic carbocycles. The summed E-state index contributed by atoms with van der Waals surface area (Å²) in [5.41, 5.74) is 0.109. The van der Waals surface area contributed by atoms with E-state index in [1.165, 1.54) is 30.5 Å². The highest BCUT2D eigenvalue weighted by Crippen LogP contribution is 2.36. The van der Waals surface area contributed by atoms with Gasteiger partial charge in [-0.1, -0.05) is 24.3 Å². The summed E-state index contributed by atoms with van der Waals surface area (Å²) >= 11 is 0. The average molecular weight is 291 g/mol. The Bertz CT molecular complexity index is 809. The third-order valence-electron chi connectivity index (χ3n) is 3.21. The Morgan fingerprint density at radius 1 is 0.905 bits per heavy atom. The average Bonchev–Trinajstić information content (AvgIpc) is 2.45. The molecule has 2 aromatic carbocycles. The maximum absolute atomic E-state index is 13.3. The fourth-order valence-corrected chi connectivity index (χ4v) is 2.31. The first-order chi connectivity index (χ1) is 9.97. The Hall–Kier alpha value is -2.43. The lowest BCUT2D eigenvalue weighted by molar-refractivity contribution is -0.136. The van der Waals surface area contributed by atoms with Gasteiger partial charge in [-0.3, -0.25) is 4.98 Å². The summed E-state index contributed by atoms with van der Waals surface area (Å²) in [6, 6.07) is 11.2. The normalized spacial score (nSPS) is 11.8. The van der Waals surface area contributed by atoms with Gasteiger partial charge in [-0.25, -0.2) is 4.39 Å². The number of para-hydroxylation sites is 1. The monoisotopic (exact) mass is 291 g/mol. The largest absolute Gasteiger partial charge is 0.418 e. The Labute approximate surface area is 117 Å². The predicted octanol–water partition coefficient (Wildman–Crippen LogP) is 5.06. The van der Waals surface area contributed by atoms with Crippen LogP contribution in [0, 0.1) is 5.82 Å².